The first-order chi connectivity index (χ1) is 3.46. The Morgan fingerprint density at radius 1 is 0.615 bits per heavy atom. The third-order valence-electron chi connectivity index (χ3n) is 0. The van der Waals surface area contributed by atoms with Crippen molar-refractivity contribution < 1.29 is 54.8 Å². The molecule has 64 valence electrons. The number of rotatable bonds is 0. The molecule has 0 aromatic rings. The summed E-state index contributed by atoms with van der Waals surface area (Å²) in [4.78, 5) is 16.7. The summed E-state index contributed by atoms with van der Waals surface area (Å²) in [7, 11) is 0. The summed E-state index contributed by atoms with van der Waals surface area (Å²) in [5.74, 6) is 0. The number of carbonyl (C=O) groups is 2. The van der Waals surface area contributed by atoms with Gasteiger partial charge in [-0.1, -0.05) is 0 Å². The molecule has 0 amide bonds. The Hall–Kier alpha value is 1.42. The molecule has 0 aliphatic carbocycles. The van der Waals surface area contributed by atoms with Gasteiger partial charge in [-0.05, 0) is 12.3 Å². The average Bonchev–Trinajstić information content (AvgIpc) is 1.25. The molecule has 0 spiro atoms. The topological polar surface area (TPSA) is 126 Å². The van der Waals surface area contributed by atoms with Gasteiger partial charge >= 0.3 is 69.2 Å². The Morgan fingerprint density at radius 2 is 0.615 bits per heavy atom. The standard InChI is InChI=1S/2CH2O3.2ClH.3Mg/c2*2-1(3)4;;;;;/h2*(H2,2,3,4);2*1H;;;/q;;;;3*+2/p-6. The summed E-state index contributed by atoms with van der Waals surface area (Å²) in [6.07, 6.45) is -4.67. The van der Waals surface area contributed by atoms with E-state index in [9.17, 15) is 0 Å². The van der Waals surface area contributed by atoms with Crippen LogP contribution < -0.4 is 45.2 Å². The van der Waals surface area contributed by atoms with E-state index in [0.717, 1.165) is 0 Å². The number of halogens is 2. The molecule has 0 N–H and O–H groups in total. The average molecular weight is 264 g/mol. The van der Waals surface area contributed by atoms with E-state index >= 15 is 0 Å². The molecule has 0 unspecified atom stereocenters. The van der Waals surface area contributed by atoms with E-state index in [4.69, 9.17) is 30.0 Å². The van der Waals surface area contributed by atoms with Crippen LogP contribution in [-0.4, -0.2) is 81.5 Å². The molecule has 0 radical (unpaired) electrons. The molecule has 0 aromatic carbocycles. The number of carboxylic acid groups (broad SMARTS) is 4. The first-order valence-electron chi connectivity index (χ1n) is 1.22. The summed E-state index contributed by atoms with van der Waals surface area (Å²) in [5.41, 5.74) is 0. The minimum absolute atomic E-state index is 0. The first-order valence-corrected chi connectivity index (χ1v) is 1.22. The minimum Gasteiger partial charge on any atom is -1.00 e. The van der Waals surface area contributed by atoms with Gasteiger partial charge in [-0.2, -0.15) is 0 Å². The van der Waals surface area contributed by atoms with E-state index < -0.39 is 12.3 Å². The second-order valence-corrected chi connectivity index (χ2v) is 0.500. The minimum atomic E-state index is -2.33. The Labute approximate surface area is 135 Å². The van der Waals surface area contributed by atoms with E-state index in [0.29, 0.717) is 0 Å². The van der Waals surface area contributed by atoms with Gasteiger partial charge in [-0.15, -0.1) is 0 Å². The van der Waals surface area contributed by atoms with Crippen molar-refractivity contribution in [2.45, 2.75) is 0 Å². The molecule has 0 aliphatic heterocycles. The molecular weight excluding hydrogens is 264 g/mol. The Kier molecular flexibility index (Phi) is 136. The summed E-state index contributed by atoms with van der Waals surface area (Å²) >= 11 is 0. The van der Waals surface area contributed by atoms with Gasteiger partial charge < -0.3 is 54.8 Å². The SMILES string of the molecule is O=C([O-])[O-].O=C([O-])[O-].[Cl-].[Cl-].[Mg+2].[Mg+2].[Mg+2]. The Bertz CT molecular complexity index is 81.9. The van der Waals surface area contributed by atoms with Crippen LogP contribution in [0.15, 0.2) is 0 Å². The maximum absolute atomic E-state index is 8.33. The Balaban J connectivity index is -0.00000000800. The van der Waals surface area contributed by atoms with Crippen LogP contribution in [0.25, 0.3) is 0 Å². The molecule has 0 heterocycles. The third-order valence-corrected chi connectivity index (χ3v) is 0. The van der Waals surface area contributed by atoms with Crippen molar-refractivity contribution in [3.63, 3.8) is 0 Å². The van der Waals surface area contributed by atoms with Crippen LogP contribution in [0.4, 0.5) is 9.59 Å². The van der Waals surface area contributed by atoms with Gasteiger partial charge in [-0.3, -0.25) is 0 Å². The zero-order valence-electron chi connectivity index (χ0n) is 6.33. The van der Waals surface area contributed by atoms with E-state index in [1.807, 2.05) is 0 Å². The summed E-state index contributed by atoms with van der Waals surface area (Å²) in [5, 5.41) is 33.3. The molecule has 0 aromatic heterocycles. The van der Waals surface area contributed by atoms with Crippen LogP contribution in [0.1, 0.15) is 0 Å². The molecule has 0 bridgehead atoms. The normalized spacial score (nSPS) is 3.69. The predicted molar refractivity (Wildman–Crippen MR) is 28.1 cm³/mol. The van der Waals surface area contributed by atoms with Gasteiger partial charge in [0.25, 0.3) is 0 Å². The number of carbonyl (C=O) groups excluding carboxylic acids is 2. The van der Waals surface area contributed by atoms with Gasteiger partial charge in [0.1, 0.15) is 0 Å². The zero-order chi connectivity index (χ0) is 7.15. The predicted octanol–water partition coefficient (Wildman–Crippen LogP) is -12.0. The molecule has 0 rings (SSSR count). The molecule has 0 fully saturated rings. The van der Waals surface area contributed by atoms with Crippen LogP contribution in [0.2, 0.25) is 0 Å². The zero-order valence-corrected chi connectivity index (χ0v) is 12.1. The molecule has 0 atom stereocenters. The van der Waals surface area contributed by atoms with Crippen molar-refractivity contribution in [1.29, 1.82) is 0 Å². The number of hydrogen-bond acceptors (Lipinski definition) is 6. The van der Waals surface area contributed by atoms with E-state index in [1.165, 1.54) is 0 Å². The molecule has 0 aliphatic rings. The molecular formula is C2Cl2Mg3O6. The van der Waals surface area contributed by atoms with Crippen molar-refractivity contribution >= 4 is 81.5 Å². The summed E-state index contributed by atoms with van der Waals surface area (Å²) in [6, 6.07) is 0. The third kappa shape index (κ3) is 869. The quantitative estimate of drug-likeness (QED) is 0.400. The van der Waals surface area contributed by atoms with Gasteiger partial charge in [-0.25, -0.2) is 0 Å². The van der Waals surface area contributed by atoms with Crippen molar-refractivity contribution in [3.8, 4) is 0 Å². The van der Waals surface area contributed by atoms with Gasteiger partial charge in [0.2, 0.25) is 0 Å². The Morgan fingerprint density at radius 3 is 0.615 bits per heavy atom. The van der Waals surface area contributed by atoms with Crippen LogP contribution in [0, 0.1) is 0 Å². The van der Waals surface area contributed by atoms with Crippen molar-refractivity contribution in [1.82, 2.24) is 0 Å². The van der Waals surface area contributed by atoms with Crippen molar-refractivity contribution in [2.75, 3.05) is 0 Å². The van der Waals surface area contributed by atoms with Crippen molar-refractivity contribution in [2.24, 2.45) is 0 Å². The second kappa shape index (κ2) is 37.6. The van der Waals surface area contributed by atoms with Crippen LogP contribution in [0.3, 0.4) is 0 Å². The molecule has 13 heavy (non-hydrogen) atoms. The fourth-order valence-corrected chi connectivity index (χ4v) is 0. The first kappa shape index (κ1) is 47.2. The summed E-state index contributed by atoms with van der Waals surface area (Å²) < 4.78 is 0. The van der Waals surface area contributed by atoms with Crippen LogP contribution in [-0.2, 0) is 0 Å². The maximum atomic E-state index is 8.33. The monoisotopic (exact) mass is 262 g/mol. The van der Waals surface area contributed by atoms with Gasteiger partial charge in [0.05, 0.1) is 0 Å². The van der Waals surface area contributed by atoms with E-state index in [1.54, 1.807) is 0 Å². The number of hydrogen-bond donors (Lipinski definition) is 0. The van der Waals surface area contributed by atoms with Crippen LogP contribution >= 0.6 is 0 Å². The molecule has 11 heteroatoms. The van der Waals surface area contributed by atoms with Crippen molar-refractivity contribution in [3.05, 3.63) is 0 Å². The summed E-state index contributed by atoms with van der Waals surface area (Å²) in [6.45, 7) is 0. The smallest absolute Gasteiger partial charge is 1.00 e. The maximum Gasteiger partial charge on any atom is 2.00 e. The molecule has 0 saturated heterocycles. The van der Waals surface area contributed by atoms with Gasteiger partial charge in [0.15, 0.2) is 0 Å². The fraction of sp³-hybridized carbons (Fsp3) is 0. The van der Waals surface area contributed by atoms with Gasteiger partial charge in [0, 0.05) is 0 Å². The van der Waals surface area contributed by atoms with E-state index in [2.05, 4.69) is 0 Å². The van der Waals surface area contributed by atoms with E-state index in [-0.39, 0.29) is 94.0 Å². The van der Waals surface area contributed by atoms with Crippen LogP contribution in [0.5, 0.6) is 0 Å². The largest absolute Gasteiger partial charge is 2.00 e. The second-order valence-electron chi connectivity index (χ2n) is 0.500. The molecule has 6 nitrogen and oxygen atoms in total. The molecule has 0 saturated carbocycles. The fourth-order valence-electron chi connectivity index (χ4n) is 0.